The number of nitrogens with zero attached hydrogens (tertiary/aromatic N) is 4. The van der Waals surface area contributed by atoms with Gasteiger partial charge in [-0.05, 0) is 12.1 Å². The molecule has 6 nitrogen and oxygen atoms in total. The van der Waals surface area contributed by atoms with Crippen LogP contribution in [-0.2, 0) is 0 Å². The minimum Gasteiger partial charge on any atom is -0.475 e. The highest BCUT2D eigenvalue weighted by Crippen LogP contribution is 2.02. The van der Waals surface area contributed by atoms with Crippen LogP contribution in [0.15, 0.2) is 30.9 Å². The second-order valence-corrected chi connectivity index (χ2v) is 2.52. The smallest absolute Gasteiger partial charge is 0.375 e. The Balaban J connectivity index is 2.39. The second-order valence-electron chi connectivity index (χ2n) is 2.52. The van der Waals surface area contributed by atoms with Crippen molar-refractivity contribution in [2.24, 2.45) is 0 Å². The Bertz CT molecular complexity index is 451. The van der Waals surface area contributed by atoms with Gasteiger partial charge >= 0.3 is 5.97 Å². The van der Waals surface area contributed by atoms with Crippen molar-refractivity contribution in [3.05, 3.63) is 36.7 Å². The van der Waals surface area contributed by atoms with Gasteiger partial charge in [-0.25, -0.2) is 14.5 Å². The Hall–Kier alpha value is -2.24. The van der Waals surface area contributed by atoms with E-state index >= 15 is 0 Å². The normalized spacial score (nSPS) is 10.0. The number of carboxylic acids is 1. The van der Waals surface area contributed by atoms with E-state index in [0.29, 0.717) is 0 Å². The molecule has 0 saturated heterocycles. The van der Waals surface area contributed by atoms with E-state index in [1.54, 1.807) is 24.5 Å². The molecule has 0 radical (unpaired) electrons. The number of aromatic nitrogens is 4. The Labute approximate surface area is 78.9 Å². The average molecular weight is 190 g/mol. The highest BCUT2D eigenvalue weighted by atomic mass is 16.4. The van der Waals surface area contributed by atoms with Crippen molar-refractivity contribution in [3.8, 4) is 5.69 Å². The molecule has 0 atom stereocenters. The fourth-order valence-electron chi connectivity index (χ4n) is 0.982. The molecule has 14 heavy (non-hydrogen) atoms. The van der Waals surface area contributed by atoms with Crippen molar-refractivity contribution in [2.45, 2.75) is 0 Å². The molecular formula is C8H6N4O2. The largest absolute Gasteiger partial charge is 0.475 e. The summed E-state index contributed by atoms with van der Waals surface area (Å²) in [7, 11) is 0. The number of rotatable bonds is 2. The third-order valence-corrected chi connectivity index (χ3v) is 1.61. The SMILES string of the molecule is O=C(O)c1ncn(-c2ccncc2)n1. The van der Waals surface area contributed by atoms with Gasteiger partial charge in [0.15, 0.2) is 0 Å². The molecular weight excluding hydrogens is 184 g/mol. The number of carboxylic acid groups (broad SMARTS) is 1. The molecule has 2 aromatic rings. The lowest BCUT2D eigenvalue weighted by Gasteiger charge is -1.96. The van der Waals surface area contributed by atoms with Crippen LogP contribution in [0.3, 0.4) is 0 Å². The number of pyridine rings is 1. The first-order valence-corrected chi connectivity index (χ1v) is 3.83. The number of carbonyl (C=O) groups is 1. The van der Waals surface area contributed by atoms with Crippen molar-refractivity contribution in [3.63, 3.8) is 0 Å². The van der Waals surface area contributed by atoms with Gasteiger partial charge in [-0.1, -0.05) is 0 Å². The first-order chi connectivity index (χ1) is 6.77. The molecule has 2 heterocycles. The number of hydrogen-bond donors (Lipinski definition) is 1. The Morgan fingerprint density at radius 2 is 2.07 bits per heavy atom. The molecule has 1 N–H and O–H groups in total. The maximum absolute atomic E-state index is 10.5. The molecule has 0 fully saturated rings. The van der Waals surface area contributed by atoms with Gasteiger partial charge in [0.1, 0.15) is 6.33 Å². The summed E-state index contributed by atoms with van der Waals surface area (Å²) in [5.41, 5.74) is 0.722. The summed E-state index contributed by atoms with van der Waals surface area (Å²) in [5.74, 6) is -1.36. The maximum atomic E-state index is 10.5. The van der Waals surface area contributed by atoms with Crippen LogP contribution in [0.2, 0.25) is 0 Å². The fraction of sp³-hybridized carbons (Fsp3) is 0. The predicted molar refractivity (Wildman–Crippen MR) is 46.1 cm³/mol. The van der Waals surface area contributed by atoms with E-state index in [1.165, 1.54) is 11.0 Å². The molecule has 0 aliphatic carbocycles. The van der Waals surface area contributed by atoms with E-state index in [2.05, 4.69) is 15.1 Å². The molecule has 0 bridgehead atoms. The number of aromatic carboxylic acids is 1. The third kappa shape index (κ3) is 1.45. The molecule has 0 saturated carbocycles. The number of hydrogen-bond acceptors (Lipinski definition) is 4. The average Bonchev–Trinajstić information content (AvgIpc) is 2.68. The molecule has 0 aliphatic heterocycles. The molecule has 70 valence electrons. The van der Waals surface area contributed by atoms with Crippen molar-refractivity contribution in [1.82, 2.24) is 19.7 Å². The van der Waals surface area contributed by atoms with Crippen LogP contribution in [0.4, 0.5) is 0 Å². The van der Waals surface area contributed by atoms with E-state index in [9.17, 15) is 4.79 Å². The van der Waals surface area contributed by atoms with Crippen LogP contribution in [0.25, 0.3) is 5.69 Å². The monoisotopic (exact) mass is 190 g/mol. The summed E-state index contributed by atoms with van der Waals surface area (Å²) in [5, 5.41) is 12.4. The lowest BCUT2D eigenvalue weighted by molar-refractivity contribution is 0.0683. The van der Waals surface area contributed by atoms with E-state index in [4.69, 9.17) is 5.11 Å². The molecule has 0 amide bonds. The molecule has 6 heteroatoms. The first-order valence-electron chi connectivity index (χ1n) is 3.83. The van der Waals surface area contributed by atoms with Gasteiger partial charge in [-0.3, -0.25) is 4.98 Å². The summed E-state index contributed by atoms with van der Waals surface area (Å²) < 4.78 is 1.38. The van der Waals surface area contributed by atoms with Gasteiger partial charge in [0.2, 0.25) is 0 Å². The highest BCUT2D eigenvalue weighted by molar-refractivity contribution is 5.82. The lowest BCUT2D eigenvalue weighted by atomic mass is 10.4. The van der Waals surface area contributed by atoms with E-state index in [-0.39, 0.29) is 5.82 Å². The van der Waals surface area contributed by atoms with Crippen molar-refractivity contribution in [2.75, 3.05) is 0 Å². The zero-order chi connectivity index (χ0) is 9.97. The van der Waals surface area contributed by atoms with Gasteiger partial charge < -0.3 is 5.11 Å². The van der Waals surface area contributed by atoms with Gasteiger partial charge in [0.05, 0.1) is 5.69 Å². The Morgan fingerprint density at radius 1 is 1.36 bits per heavy atom. The second kappa shape index (κ2) is 3.25. The highest BCUT2D eigenvalue weighted by Gasteiger charge is 2.08. The maximum Gasteiger partial charge on any atom is 0.375 e. The zero-order valence-electron chi connectivity index (χ0n) is 7.03. The summed E-state index contributed by atoms with van der Waals surface area (Å²) in [6, 6.07) is 3.42. The van der Waals surface area contributed by atoms with Crippen LogP contribution < -0.4 is 0 Å². The van der Waals surface area contributed by atoms with Crippen molar-refractivity contribution < 1.29 is 9.90 Å². The predicted octanol–water partition coefficient (Wildman–Crippen LogP) is 0.360. The van der Waals surface area contributed by atoms with E-state index in [0.717, 1.165) is 5.69 Å². The standard InChI is InChI=1S/C8H6N4O2/c13-8(14)7-10-5-12(11-7)6-1-3-9-4-2-6/h1-5H,(H,13,14). The summed E-state index contributed by atoms with van der Waals surface area (Å²) >= 11 is 0. The summed E-state index contributed by atoms with van der Waals surface area (Å²) in [4.78, 5) is 18.0. The van der Waals surface area contributed by atoms with E-state index in [1.807, 2.05) is 0 Å². The zero-order valence-corrected chi connectivity index (χ0v) is 7.03. The molecule has 2 rings (SSSR count). The minimum atomic E-state index is -1.14. The first kappa shape index (κ1) is 8.36. The molecule has 0 aromatic carbocycles. The molecule has 0 unspecified atom stereocenters. The Morgan fingerprint density at radius 3 is 2.64 bits per heavy atom. The van der Waals surface area contributed by atoms with Crippen LogP contribution >= 0.6 is 0 Å². The topological polar surface area (TPSA) is 80.9 Å². The molecule has 2 aromatic heterocycles. The van der Waals surface area contributed by atoms with Crippen molar-refractivity contribution >= 4 is 5.97 Å². The lowest BCUT2D eigenvalue weighted by Crippen LogP contribution is -2.01. The molecule has 0 spiro atoms. The van der Waals surface area contributed by atoms with Gasteiger partial charge in [-0.15, -0.1) is 5.10 Å². The third-order valence-electron chi connectivity index (χ3n) is 1.61. The van der Waals surface area contributed by atoms with Gasteiger partial charge in [0, 0.05) is 12.4 Å². The summed E-state index contributed by atoms with van der Waals surface area (Å²) in [6.07, 6.45) is 4.54. The van der Waals surface area contributed by atoms with Crippen LogP contribution in [0, 0.1) is 0 Å². The van der Waals surface area contributed by atoms with E-state index < -0.39 is 5.97 Å². The summed E-state index contributed by atoms with van der Waals surface area (Å²) in [6.45, 7) is 0. The van der Waals surface area contributed by atoms with Crippen molar-refractivity contribution in [1.29, 1.82) is 0 Å². The molecule has 0 aliphatic rings. The Kier molecular flexibility index (Phi) is 1.94. The van der Waals surface area contributed by atoms with Crippen LogP contribution in [0.5, 0.6) is 0 Å². The van der Waals surface area contributed by atoms with Crippen LogP contribution in [0.1, 0.15) is 10.6 Å². The fourth-order valence-corrected chi connectivity index (χ4v) is 0.982. The van der Waals surface area contributed by atoms with Gasteiger partial charge in [-0.2, -0.15) is 0 Å². The minimum absolute atomic E-state index is 0.221. The van der Waals surface area contributed by atoms with Gasteiger partial charge in [0.25, 0.3) is 5.82 Å². The van der Waals surface area contributed by atoms with Crippen LogP contribution in [-0.4, -0.2) is 30.8 Å². The quantitative estimate of drug-likeness (QED) is 0.739.